The Balaban J connectivity index is 1.87. The van der Waals surface area contributed by atoms with E-state index in [0.717, 1.165) is 31.2 Å². The van der Waals surface area contributed by atoms with Crippen LogP contribution in [0.4, 0.5) is 0 Å². The van der Waals surface area contributed by atoms with Crippen LogP contribution in [0, 0.1) is 5.92 Å². The molecule has 1 aromatic rings. The molecular weight excluding hydrogens is 306 g/mol. The maximum absolute atomic E-state index is 12.2. The van der Waals surface area contributed by atoms with Crippen molar-refractivity contribution in [1.82, 2.24) is 4.72 Å². The molecule has 0 spiro atoms. The average Bonchev–Trinajstić information content (AvgIpc) is 2.47. The Morgan fingerprint density at radius 3 is 2.57 bits per heavy atom. The zero-order valence-corrected chi connectivity index (χ0v) is 14.0. The van der Waals surface area contributed by atoms with Gasteiger partial charge in [-0.3, -0.25) is 0 Å². The van der Waals surface area contributed by atoms with Gasteiger partial charge in [0, 0.05) is 11.9 Å². The summed E-state index contributed by atoms with van der Waals surface area (Å²) in [6.45, 7) is 2.41. The summed E-state index contributed by atoms with van der Waals surface area (Å²) in [5, 5.41) is 0.105. The Hall–Kier alpha value is -0.580. The van der Waals surface area contributed by atoms with Crippen LogP contribution >= 0.6 is 11.6 Å². The number of rotatable bonds is 6. The van der Waals surface area contributed by atoms with E-state index >= 15 is 0 Å². The van der Waals surface area contributed by atoms with Crippen molar-refractivity contribution in [1.29, 1.82) is 0 Å². The first-order valence-corrected chi connectivity index (χ1v) is 9.73. The Morgan fingerprint density at radius 1 is 1.24 bits per heavy atom. The van der Waals surface area contributed by atoms with E-state index in [1.165, 1.54) is 0 Å². The first-order chi connectivity index (χ1) is 9.98. The van der Waals surface area contributed by atoms with Crippen molar-refractivity contribution in [2.75, 3.05) is 12.3 Å². The van der Waals surface area contributed by atoms with Gasteiger partial charge in [0.1, 0.15) is 0 Å². The highest BCUT2D eigenvalue weighted by atomic mass is 35.5. The van der Waals surface area contributed by atoms with Crippen molar-refractivity contribution < 1.29 is 8.42 Å². The third-order valence-corrected chi connectivity index (χ3v) is 6.34. The van der Waals surface area contributed by atoms with Crippen LogP contribution in [0.3, 0.4) is 0 Å². The van der Waals surface area contributed by atoms with Gasteiger partial charge < -0.3 is 0 Å². The minimum atomic E-state index is -3.26. The van der Waals surface area contributed by atoms with E-state index in [9.17, 15) is 8.42 Å². The second-order valence-electron chi connectivity index (χ2n) is 6.00. The molecule has 0 aliphatic heterocycles. The molecule has 5 heteroatoms. The molecule has 0 aromatic heterocycles. The number of sulfonamides is 1. The van der Waals surface area contributed by atoms with Gasteiger partial charge in [-0.25, -0.2) is 13.1 Å². The Kier molecular flexibility index (Phi) is 6.08. The number of hydrogen-bond acceptors (Lipinski definition) is 2. The van der Waals surface area contributed by atoms with Gasteiger partial charge in [-0.2, -0.15) is 0 Å². The minimum Gasteiger partial charge on any atom is -0.215 e. The van der Waals surface area contributed by atoms with E-state index in [-0.39, 0.29) is 23.0 Å². The second-order valence-corrected chi connectivity index (χ2v) is 8.41. The molecule has 21 heavy (non-hydrogen) atoms. The van der Waals surface area contributed by atoms with Crippen molar-refractivity contribution in [3.8, 4) is 0 Å². The fourth-order valence-corrected chi connectivity index (χ4v) is 4.70. The molecule has 3 atom stereocenters. The van der Waals surface area contributed by atoms with Crippen molar-refractivity contribution in [2.45, 2.75) is 43.9 Å². The van der Waals surface area contributed by atoms with Crippen LogP contribution in [0.5, 0.6) is 0 Å². The third-order valence-electron chi connectivity index (χ3n) is 4.22. The van der Waals surface area contributed by atoms with Crippen molar-refractivity contribution in [3.05, 3.63) is 35.9 Å². The van der Waals surface area contributed by atoms with Crippen LogP contribution in [0.1, 0.15) is 44.1 Å². The van der Waals surface area contributed by atoms with Gasteiger partial charge in [0.05, 0.1) is 5.75 Å². The van der Waals surface area contributed by atoms with E-state index in [1.54, 1.807) is 0 Å². The number of alkyl halides is 1. The molecule has 1 N–H and O–H groups in total. The molecule has 3 unspecified atom stereocenters. The van der Waals surface area contributed by atoms with Crippen LogP contribution in [0.25, 0.3) is 0 Å². The van der Waals surface area contributed by atoms with Gasteiger partial charge >= 0.3 is 0 Å². The van der Waals surface area contributed by atoms with E-state index in [0.29, 0.717) is 6.54 Å². The molecule has 1 aromatic carbocycles. The molecule has 0 bridgehead atoms. The highest BCUT2D eigenvalue weighted by molar-refractivity contribution is 7.89. The normalized spacial score (nSPS) is 24.7. The summed E-state index contributed by atoms with van der Waals surface area (Å²) in [4.78, 5) is 0. The van der Waals surface area contributed by atoms with Crippen LogP contribution in [0.15, 0.2) is 30.3 Å². The lowest BCUT2D eigenvalue weighted by Crippen LogP contribution is -2.36. The van der Waals surface area contributed by atoms with Crippen molar-refractivity contribution in [3.63, 3.8) is 0 Å². The van der Waals surface area contributed by atoms with E-state index in [4.69, 9.17) is 11.6 Å². The van der Waals surface area contributed by atoms with E-state index in [1.807, 2.05) is 37.3 Å². The van der Waals surface area contributed by atoms with Gasteiger partial charge in [-0.15, -0.1) is 11.6 Å². The lowest BCUT2D eigenvalue weighted by Gasteiger charge is -2.27. The lowest BCUT2D eigenvalue weighted by atomic mass is 9.89. The van der Waals surface area contributed by atoms with E-state index < -0.39 is 10.0 Å². The molecule has 1 fully saturated rings. The lowest BCUT2D eigenvalue weighted by molar-refractivity contribution is 0.364. The number of hydrogen-bond donors (Lipinski definition) is 1. The molecule has 0 amide bonds. The molecule has 0 radical (unpaired) electrons. The molecule has 3 nitrogen and oxygen atoms in total. The summed E-state index contributed by atoms with van der Waals surface area (Å²) in [6.07, 6.45) is 4.32. The summed E-state index contributed by atoms with van der Waals surface area (Å²) in [6, 6.07) is 9.75. The Labute approximate surface area is 133 Å². The van der Waals surface area contributed by atoms with Gasteiger partial charge in [0.2, 0.25) is 10.0 Å². The predicted molar refractivity (Wildman–Crippen MR) is 88.2 cm³/mol. The standard InChI is InChI=1S/C16H24ClNO2S/c1-13(14-7-3-2-4-8-14)12-21(19,20)18-11-15-9-5-6-10-16(15)17/h2-4,7-8,13,15-16,18H,5-6,9-12H2,1H3. The van der Waals surface area contributed by atoms with Gasteiger partial charge in [0.25, 0.3) is 0 Å². The minimum absolute atomic E-state index is 0.0122. The summed E-state index contributed by atoms with van der Waals surface area (Å²) >= 11 is 6.28. The van der Waals surface area contributed by atoms with Gasteiger partial charge in [-0.1, -0.05) is 50.1 Å². The number of halogens is 1. The summed E-state index contributed by atoms with van der Waals surface area (Å²) in [5.41, 5.74) is 1.05. The van der Waals surface area contributed by atoms with Crippen LogP contribution in [0.2, 0.25) is 0 Å². The molecule has 0 saturated heterocycles. The number of nitrogens with one attached hydrogen (secondary N) is 1. The Morgan fingerprint density at radius 2 is 1.90 bits per heavy atom. The van der Waals surface area contributed by atoms with Crippen LogP contribution in [-0.4, -0.2) is 26.1 Å². The monoisotopic (exact) mass is 329 g/mol. The summed E-state index contributed by atoms with van der Waals surface area (Å²) in [5.74, 6) is 0.375. The first kappa shape index (κ1) is 16.8. The Bertz CT molecular complexity index is 532. The maximum Gasteiger partial charge on any atom is 0.212 e. The molecule has 1 aliphatic carbocycles. The maximum atomic E-state index is 12.2. The van der Waals surface area contributed by atoms with E-state index in [2.05, 4.69) is 4.72 Å². The van der Waals surface area contributed by atoms with Crippen molar-refractivity contribution >= 4 is 21.6 Å². The fourth-order valence-electron chi connectivity index (χ4n) is 2.89. The third kappa shape index (κ3) is 5.28. The molecule has 2 rings (SSSR count). The summed E-state index contributed by atoms with van der Waals surface area (Å²) in [7, 11) is -3.26. The van der Waals surface area contributed by atoms with Gasteiger partial charge in [-0.05, 0) is 30.2 Å². The second kappa shape index (κ2) is 7.61. The zero-order chi connectivity index (χ0) is 15.3. The first-order valence-electron chi connectivity index (χ1n) is 7.64. The highest BCUT2D eigenvalue weighted by Gasteiger charge is 2.25. The molecule has 118 valence electrons. The quantitative estimate of drug-likeness (QED) is 0.812. The summed E-state index contributed by atoms with van der Waals surface area (Å²) < 4.78 is 27.2. The SMILES string of the molecule is CC(CS(=O)(=O)NCC1CCCCC1Cl)c1ccccc1. The average molecular weight is 330 g/mol. The molecule has 0 heterocycles. The largest absolute Gasteiger partial charge is 0.215 e. The zero-order valence-electron chi connectivity index (χ0n) is 12.5. The molecular formula is C16H24ClNO2S. The highest BCUT2D eigenvalue weighted by Crippen LogP contribution is 2.28. The smallest absolute Gasteiger partial charge is 0.212 e. The fraction of sp³-hybridized carbons (Fsp3) is 0.625. The predicted octanol–water partition coefficient (Wildman–Crippen LogP) is 3.51. The number of benzene rings is 1. The topological polar surface area (TPSA) is 46.2 Å². The molecule has 1 saturated carbocycles. The molecule has 1 aliphatic rings. The van der Waals surface area contributed by atoms with Gasteiger partial charge in [0.15, 0.2) is 0 Å². The van der Waals surface area contributed by atoms with Crippen LogP contribution in [-0.2, 0) is 10.0 Å². The van der Waals surface area contributed by atoms with Crippen LogP contribution < -0.4 is 4.72 Å². The van der Waals surface area contributed by atoms with Crippen molar-refractivity contribution in [2.24, 2.45) is 5.92 Å².